The Balaban J connectivity index is 2.21. The van der Waals surface area contributed by atoms with Crippen molar-refractivity contribution in [2.75, 3.05) is 0 Å². The van der Waals surface area contributed by atoms with Gasteiger partial charge in [0.2, 0.25) is 0 Å². The maximum absolute atomic E-state index is 11.9. The third kappa shape index (κ3) is 2.25. The average Bonchev–Trinajstić information content (AvgIpc) is 2.68. The lowest BCUT2D eigenvalue weighted by molar-refractivity contribution is 0.0996. The molecule has 82 valence electrons. The third-order valence-corrected chi connectivity index (χ3v) is 3.32. The van der Waals surface area contributed by atoms with E-state index in [4.69, 9.17) is 11.6 Å². The number of nitrogens with zero attached hydrogens (tertiary/aromatic N) is 3. The van der Waals surface area contributed by atoms with E-state index in [0.29, 0.717) is 15.6 Å². The van der Waals surface area contributed by atoms with Gasteiger partial charge in [0.25, 0.3) is 0 Å². The molecule has 0 aliphatic heterocycles. The number of carbonyl (C=O) groups excluding carboxylic acids is 1. The van der Waals surface area contributed by atoms with Crippen LogP contribution in [-0.4, -0.2) is 20.4 Å². The number of carbonyl (C=O) groups is 1. The van der Waals surface area contributed by atoms with Gasteiger partial charge in [0.15, 0.2) is 5.78 Å². The van der Waals surface area contributed by atoms with Gasteiger partial charge in [-0.05, 0) is 30.1 Å². The van der Waals surface area contributed by atoms with Crippen molar-refractivity contribution >= 4 is 28.9 Å². The minimum atomic E-state index is -0.0133. The minimum Gasteiger partial charge on any atom is -0.293 e. The van der Waals surface area contributed by atoms with E-state index in [1.54, 1.807) is 19.2 Å². The van der Waals surface area contributed by atoms with Gasteiger partial charge in [-0.25, -0.2) is 0 Å². The number of hydrogen-bond donors (Lipinski definition) is 0. The van der Waals surface area contributed by atoms with Crippen LogP contribution in [-0.2, 0) is 6.42 Å². The Bertz CT molecular complexity index is 526. The van der Waals surface area contributed by atoms with Gasteiger partial charge in [0.05, 0.1) is 10.7 Å². The summed E-state index contributed by atoms with van der Waals surface area (Å²) >= 11 is 7.04. The van der Waals surface area contributed by atoms with Crippen molar-refractivity contribution in [3.05, 3.63) is 39.6 Å². The number of halogens is 1. The molecular formula is C10H8ClN3OS. The molecule has 0 bridgehead atoms. The molecular weight excluding hydrogens is 246 g/mol. The third-order valence-electron chi connectivity index (χ3n) is 2.11. The first-order chi connectivity index (χ1) is 7.68. The van der Waals surface area contributed by atoms with Crippen LogP contribution in [0.1, 0.15) is 20.9 Å². The number of pyridine rings is 1. The molecule has 0 amide bonds. The van der Waals surface area contributed by atoms with Gasteiger partial charge in [0, 0.05) is 18.8 Å². The molecule has 0 aliphatic carbocycles. The molecule has 16 heavy (non-hydrogen) atoms. The average molecular weight is 254 g/mol. The van der Waals surface area contributed by atoms with Gasteiger partial charge in [-0.1, -0.05) is 16.1 Å². The van der Waals surface area contributed by atoms with Crippen molar-refractivity contribution in [3.63, 3.8) is 0 Å². The van der Waals surface area contributed by atoms with Crippen LogP contribution >= 0.6 is 23.1 Å². The predicted molar refractivity (Wildman–Crippen MR) is 61.9 cm³/mol. The van der Waals surface area contributed by atoms with Crippen molar-refractivity contribution in [1.29, 1.82) is 0 Å². The normalized spacial score (nSPS) is 10.4. The molecule has 0 spiro atoms. The SMILES string of the molecule is Cc1nnsc1C(=O)Cc1ccncc1Cl. The van der Waals surface area contributed by atoms with E-state index in [2.05, 4.69) is 14.6 Å². The summed E-state index contributed by atoms with van der Waals surface area (Å²) in [7, 11) is 0. The van der Waals surface area contributed by atoms with Crippen LogP contribution in [0.4, 0.5) is 0 Å². The Morgan fingerprint density at radius 3 is 3.00 bits per heavy atom. The van der Waals surface area contributed by atoms with Gasteiger partial charge in [-0.3, -0.25) is 9.78 Å². The maximum atomic E-state index is 11.9. The zero-order valence-electron chi connectivity index (χ0n) is 8.48. The van der Waals surface area contributed by atoms with Crippen LogP contribution in [0.5, 0.6) is 0 Å². The lowest BCUT2D eigenvalue weighted by Crippen LogP contribution is -2.03. The van der Waals surface area contributed by atoms with Crippen LogP contribution in [0.25, 0.3) is 0 Å². The standard InChI is InChI=1S/C10H8ClN3OS/c1-6-10(16-14-13-6)9(15)4-7-2-3-12-5-8(7)11/h2-3,5H,4H2,1H3. The van der Waals surface area contributed by atoms with Gasteiger partial charge in [0.1, 0.15) is 4.88 Å². The van der Waals surface area contributed by atoms with E-state index >= 15 is 0 Å². The molecule has 0 radical (unpaired) electrons. The fourth-order valence-electron chi connectivity index (χ4n) is 1.29. The molecule has 2 heterocycles. The van der Waals surface area contributed by atoms with Gasteiger partial charge in [-0.2, -0.15) is 0 Å². The second kappa shape index (κ2) is 4.67. The van der Waals surface area contributed by atoms with Gasteiger partial charge in [-0.15, -0.1) is 5.10 Å². The Hall–Kier alpha value is -1.33. The highest BCUT2D eigenvalue weighted by atomic mass is 35.5. The Kier molecular flexibility index (Phi) is 3.26. The number of aryl methyl sites for hydroxylation is 1. The quantitative estimate of drug-likeness (QED) is 0.788. The highest BCUT2D eigenvalue weighted by molar-refractivity contribution is 7.08. The molecule has 0 saturated heterocycles. The van der Waals surface area contributed by atoms with E-state index in [1.807, 2.05) is 0 Å². The summed E-state index contributed by atoms with van der Waals surface area (Å²) in [5.41, 5.74) is 1.44. The molecule has 2 rings (SSSR count). The highest BCUT2D eigenvalue weighted by Gasteiger charge is 2.14. The first-order valence-electron chi connectivity index (χ1n) is 4.59. The topological polar surface area (TPSA) is 55.7 Å². The molecule has 0 aliphatic rings. The van der Waals surface area contributed by atoms with E-state index < -0.39 is 0 Å². The number of aromatic nitrogens is 3. The molecule has 0 atom stereocenters. The molecule has 0 fully saturated rings. The molecule has 0 aromatic carbocycles. The Morgan fingerprint density at radius 1 is 1.56 bits per heavy atom. The number of Topliss-reactive ketones (excluding diaryl/α,β-unsaturated/α-hetero) is 1. The van der Waals surface area contributed by atoms with Crippen molar-refractivity contribution < 1.29 is 4.79 Å². The number of hydrogen-bond acceptors (Lipinski definition) is 5. The summed E-state index contributed by atoms with van der Waals surface area (Å²) in [6.45, 7) is 1.77. The molecule has 6 heteroatoms. The van der Waals surface area contributed by atoms with Crippen molar-refractivity contribution in [3.8, 4) is 0 Å². The first-order valence-corrected chi connectivity index (χ1v) is 5.74. The lowest BCUT2D eigenvalue weighted by atomic mass is 10.1. The largest absolute Gasteiger partial charge is 0.293 e. The second-order valence-corrected chi connectivity index (χ2v) is 4.42. The van der Waals surface area contributed by atoms with Crippen LogP contribution in [0.2, 0.25) is 5.02 Å². The monoisotopic (exact) mass is 253 g/mol. The van der Waals surface area contributed by atoms with Crippen LogP contribution in [0.3, 0.4) is 0 Å². The first kappa shape index (κ1) is 11.2. The zero-order chi connectivity index (χ0) is 11.5. The summed E-state index contributed by atoms with van der Waals surface area (Å²) in [5, 5.41) is 4.31. The van der Waals surface area contributed by atoms with Gasteiger partial charge < -0.3 is 0 Å². The molecule has 2 aromatic heterocycles. The van der Waals surface area contributed by atoms with Crippen molar-refractivity contribution in [2.24, 2.45) is 0 Å². The fourth-order valence-corrected chi connectivity index (χ4v) is 2.07. The summed E-state index contributed by atoms with van der Waals surface area (Å²) in [4.78, 5) is 16.4. The zero-order valence-corrected chi connectivity index (χ0v) is 10.0. The van der Waals surface area contributed by atoms with Crippen molar-refractivity contribution in [2.45, 2.75) is 13.3 Å². The van der Waals surface area contributed by atoms with Crippen molar-refractivity contribution in [1.82, 2.24) is 14.6 Å². The number of rotatable bonds is 3. The number of ketones is 1. The highest BCUT2D eigenvalue weighted by Crippen LogP contribution is 2.18. The predicted octanol–water partition coefficient (Wildman–Crippen LogP) is 2.32. The smallest absolute Gasteiger partial charge is 0.180 e. The molecule has 2 aromatic rings. The van der Waals surface area contributed by atoms with Crippen LogP contribution < -0.4 is 0 Å². The lowest BCUT2D eigenvalue weighted by Gasteiger charge is -2.01. The fraction of sp³-hybridized carbons (Fsp3) is 0.200. The minimum absolute atomic E-state index is 0.0133. The van der Waals surface area contributed by atoms with E-state index in [-0.39, 0.29) is 12.2 Å². The van der Waals surface area contributed by atoms with E-state index in [1.165, 1.54) is 6.20 Å². The molecule has 0 saturated carbocycles. The van der Waals surface area contributed by atoms with E-state index in [9.17, 15) is 4.79 Å². The summed E-state index contributed by atoms with van der Waals surface area (Å²) in [5.74, 6) is -0.0133. The molecule has 4 nitrogen and oxygen atoms in total. The second-order valence-electron chi connectivity index (χ2n) is 3.25. The van der Waals surface area contributed by atoms with E-state index in [0.717, 1.165) is 17.1 Å². The summed E-state index contributed by atoms with van der Waals surface area (Å²) < 4.78 is 3.73. The Labute approximate surface area is 101 Å². The van der Waals surface area contributed by atoms with Gasteiger partial charge >= 0.3 is 0 Å². The van der Waals surface area contributed by atoms with Crippen LogP contribution in [0.15, 0.2) is 18.5 Å². The maximum Gasteiger partial charge on any atom is 0.180 e. The summed E-state index contributed by atoms with van der Waals surface area (Å²) in [6, 6.07) is 1.74. The summed E-state index contributed by atoms with van der Waals surface area (Å²) in [6.07, 6.45) is 3.40. The molecule has 0 unspecified atom stereocenters. The Morgan fingerprint density at radius 2 is 2.38 bits per heavy atom. The van der Waals surface area contributed by atoms with Crippen LogP contribution in [0, 0.1) is 6.92 Å². The molecule has 0 N–H and O–H groups in total.